The molecule has 0 aliphatic carbocycles. The Balaban J connectivity index is 1.79. The molecule has 0 aromatic heterocycles. The van der Waals surface area contributed by atoms with Gasteiger partial charge in [-0.15, -0.1) is 0 Å². The molecule has 0 spiro atoms. The first-order valence-electron chi connectivity index (χ1n) is 8.44. The van der Waals surface area contributed by atoms with E-state index in [9.17, 15) is 14.9 Å². The average Bonchev–Trinajstić information content (AvgIpc) is 2.65. The molecular weight excluding hydrogens is 330 g/mol. The largest absolute Gasteiger partial charge is 0.455 e. The first-order chi connectivity index (χ1) is 12.6. The molecule has 2 atom stereocenters. The predicted molar refractivity (Wildman–Crippen MR) is 95.8 cm³/mol. The Bertz CT molecular complexity index is 873. The highest BCUT2D eigenvalue weighted by atomic mass is 16.5. The van der Waals surface area contributed by atoms with E-state index in [-0.39, 0.29) is 23.9 Å². The van der Waals surface area contributed by atoms with Crippen LogP contribution in [0.5, 0.6) is 11.5 Å². The lowest BCUT2D eigenvalue weighted by Gasteiger charge is -2.30. The Hall–Kier alpha value is -3.33. The summed E-state index contributed by atoms with van der Waals surface area (Å²) < 4.78 is 5.83. The minimum Gasteiger partial charge on any atom is -0.455 e. The van der Waals surface area contributed by atoms with Crippen LogP contribution >= 0.6 is 0 Å². The highest BCUT2D eigenvalue weighted by Gasteiger charge is 2.27. The standard InChI is InChI=1S/C20H19N3O3/c1-13-16(10-11-19(24)22-13)23-20(25)15-7-3-5-9-18(15)26-17-8-4-2-6-14(17)12-21/h2-9,13,16H,10-11H2,1H3,(H,22,24)(H,23,25). The minimum absolute atomic E-state index is 0.000145. The van der Waals surface area contributed by atoms with Crippen LogP contribution in [0.2, 0.25) is 0 Å². The molecule has 1 aliphatic rings. The number of hydrogen-bond acceptors (Lipinski definition) is 4. The van der Waals surface area contributed by atoms with E-state index in [1.54, 1.807) is 48.5 Å². The number of nitrogens with one attached hydrogen (secondary N) is 2. The molecule has 1 saturated heterocycles. The van der Waals surface area contributed by atoms with E-state index in [2.05, 4.69) is 16.7 Å². The predicted octanol–water partition coefficient (Wildman–Crippen LogP) is 2.75. The summed E-state index contributed by atoms with van der Waals surface area (Å²) in [4.78, 5) is 24.2. The molecule has 0 bridgehead atoms. The highest BCUT2D eigenvalue weighted by Crippen LogP contribution is 2.28. The quantitative estimate of drug-likeness (QED) is 0.888. The van der Waals surface area contributed by atoms with E-state index in [0.29, 0.717) is 35.5 Å². The van der Waals surface area contributed by atoms with Crippen LogP contribution in [0.3, 0.4) is 0 Å². The fourth-order valence-electron chi connectivity index (χ4n) is 2.92. The number of carbonyl (C=O) groups is 2. The van der Waals surface area contributed by atoms with Gasteiger partial charge in [0, 0.05) is 18.5 Å². The van der Waals surface area contributed by atoms with Crippen molar-refractivity contribution in [3.8, 4) is 17.6 Å². The molecule has 0 saturated carbocycles. The average molecular weight is 349 g/mol. The third-order valence-electron chi connectivity index (χ3n) is 4.35. The number of carbonyl (C=O) groups excluding carboxylic acids is 2. The maximum absolute atomic E-state index is 12.7. The van der Waals surface area contributed by atoms with E-state index >= 15 is 0 Å². The number of amides is 2. The molecule has 2 aromatic rings. The molecule has 2 aromatic carbocycles. The van der Waals surface area contributed by atoms with Gasteiger partial charge in [0.2, 0.25) is 5.91 Å². The number of nitriles is 1. The van der Waals surface area contributed by atoms with Gasteiger partial charge in [-0.05, 0) is 37.6 Å². The topological polar surface area (TPSA) is 91.2 Å². The number of benzene rings is 2. The molecule has 6 heteroatoms. The number of piperidine rings is 1. The van der Waals surface area contributed by atoms with Gasteiger partial charge in [0.25, 0.3) is 5.91 Å². The van der Waals surface area contributed by atoms with E-state index in [0.717, 1.165) is 0 Å². The lowest BCUT2D eigenvalue weighted by molar-refractivity contribution is -0.123. The summed E-state index contributed by atoms with van der Waals surface area (Å²) in [6.45, 7) is 1.87. The van der Waals surface area contributed by atoms with Gasteiger partial charge in [-0.1, -0.05) is 24.3 Å². The third-order valence-corrected chi connectivity index (χ3v) is 4.35. The van der Waals surface area contributed by atoms with Crippen LogP contribution in [-0.4, -0.2) is 23.9 Å². The third kappa shape index (κ3) is 3.83. The van der Waals surface area contributed by atoms with Gasteiger partial charge in [-0.2, -0.15) is 5.26 Å². The van der Waals surface area contributed by atoms with Gasteiger partial charge in [-0.25, -0.2) is 0 Å². The highest BCUT2D eigenvalue weighted by molar-refractivity contribution is 5.97. The summed E-state index contributed by atoms with van der Waals surface area (Å²) in [5, 5.41) is 15.0. The van der Waals surface area contributed by atoms with Crippen molar-refractivity contribution in [2.75, 3.05) is 0 Å². The number of nitrogens with zero attached hydrogens (tertiary/aromatic N) is 1. The van der Waals surface area contributed by atoms with E-state index in [1.807, 2.05) is 6.92 Å². The van der Waals surface area contributed by atoms with Gasteiger partial charge in [0.1, 0.15) is 17.6 Å². The first kappa shape index (κ1) is 17.5. The fourth-order valence-corrected chi connectivity index (χ4v) is 2.92. The smallest absolute Gasteiger partial charge is 0.255 e. The van der Waals surface area contributed by atoms with Crippen LogP contribution in [0.1, 0.15) is 35.7 Å². The molecule has 3 rings (SSSR count). The van der Waals surface area contributed by atoms with Gasteiger partial charge in [0.15, 0.2) is 0 Å². The molecule has 132 valence electrons. The monoisotopic (exact) mass is 349 g/mol. The summed E-state index contributed by atoms with van der Waals surface area (Å²) in [5.41, 5.74) is 0.774. The molecule has 1 heterocycles. The van der Waals surface area contributed by atoms with Crippen LogP contribution in [0, 0.1) is 11.3 Å². The van der Waals surface area contributed by atoms with Crippen molar-refractivity contribution in [1.82, 2.24) is 10.6 Å². The van der Waals surface area contributed by atoms with Crippen LogP contribution in [-0.2, 0) is 4.79 Å². The van der Waals surface area contributed by atoms with Crippen molar-refractivity contribution < 1.29 is 14.3 Å². The van der Waals surface area contributed by atoms with Crippen molar-refractivity contribution >= 4 is 11.8 Å². The molecule has 2 amide bonds. The first-order valence-corrected chi connectivity index (χ1v) is 8.44. The van der Waals surface area contributed by atoms with Crippen molar-refractivity contribution in [3.05, 3.63) is 59.7 Å². The lowest BCUT2D eigenvalue weighted by Crippen LogP contribution is -2.53. The van der Waals surface area contributed by atoms with E-state index < -0.39 is 0 Å². The Morgan fingerprint density at radius 3 is 2.62 bits per heavy atom. The molecule has 1 fully saturated rings. The zero-order valence-electron chi connectivity index (χ0n) is 14.4. The Morgan fingerprint density at radius 2 is 1.88 bits per heavy atom. The summed E-state index contributed by atoms with van der Waals surface area (Å²) >= 11 is 0. The molecule has 1 aliphatic heterocycles. The van der Waals surface area contributed by atoms with Crippen molar-refractivity contribution in [2.24, 2.45) is 0 Å². The van der Waals surface area contributed by atoms with Crippen LogP contribution in [0.4, 0.5) is 0 Å². The second kappa shape index (κ2) is 7.70. The minimum atomic E-state index is -0.275. The summed E-state index contributed by atoms with van der Waals surface area (Å²) in [7, 11) is 0. The maximum Gasteiger partial charge on any atom is 0.255 e. The Morgan fingerprint density at radius 1 is 1.19 bits per heavy atom. The molecular formula is C20H19N3O3. The second-order valence-electron chi connectivity index (χ2n) is 6.18. The van der Waals surface area contributed by atoms with Gasteiger partial charge >= 0.3 is 0 Å². The molecule has 2 N–H and O–H groups in total. The van der Waals surface area contributed by atoms with Crippen molar-refractivity contribution in [2.45, 2.75) is 31.8 Å². The van der Waals surface area contributed by atoms with Crippen LogP contribution < -0.4 is 15.4 Å². The van der Waals surface area contributed by atoms with Gasteiger partial charge < -0.3 is 15.4 Å². The zero-order chi connectivity index (χ0) is 18.5. The van der Waals surface area contributed by atoms with Crippen molar-refractivity contribution in [1.29, 1.82) is 5.26 Å². The SMILES string of the molecule is CC1NC(=O)CCC1NC(=O)c1ccccc1Oc1ccccc1C#N. The number of rotatable bonds is 4. The number of ether oxygens (including phenoxy) is 1. The Labute approximate surface area is 151 Å². The van der Waals surface area contributed by atoms with Gasteiger partial charge in [0.05, 0.1) is 11.1 Å². The fraction of sp³-hybridized carbons (Fsp3) is 0.250. The number of para-hydroxylation sites is 2. The summed E-state index contributed by atoms with van der Waals surface area (Å²) in [6, 6.07) is 15.6. The molecule has 6 nitrogen and oxygen atoms in total. The summed E-state index contributed by atoms with van der Waals surface area (Å²) in [5.74, 6) is 0.497. The van der Waals surface area contributed by atoms with Gasteiger partial charge in [-0.3, -0.25) is 9.59 Å². The lowest BCUT2D eigenvalue weighted by atomic mass is 9.99. The molecule has 2 unspecified atom stereocenters. The zero-order valence-corrected chi connectivity index (χ0v) is 14.4. The molecule has 26 heavy (non-hydrogen) atoms. The van der Waals surface area contributed by atoms with Crippen molar-refractivity contribution in [3.63, 3.8) is 0 Å². The van der Waals surface area contributed by atoms with E-state index in [4.69, 9.17) is 4.74 Å². The normalized spacial score (nSPS) is 19.2. The molecule has 0 radical (unpaired) electrons. The van der Waals surface area contributed by atoms with E-state index in [1.165, 1.54) is 0 Å². The second-order valence-corrected chi connectivity index (χ2v) is 6.18. The van der Waals surface area contributed by atoms with Crippen LogP contribution in [0.15, 0.2) is 48.5 Å². The number of hydrogen-bond donors (Lipinski definition) is 2. The maximum atomic E-state index is 12.7. The summed E-state index contributed by atoms with van der Waals surface area (Å²) in [6.07, 6.45) is 0.988. The van der Waals surface area contributed by atoms with Crippen LogP contribution in [0.25, 0.3) is 0 Å². The Kier molecular flexibility index (Phi) is 5.18.